The second-order valence-corrected chi connectivity index (χ2v) is 5.43. The minimum atomic E-state index is 0. The van der Waals surface area contributed by atoms with Gasteiger partial charge in [-0.15, -0.1) is 17.0 Å². The molecule has 2 aromatic carbocycles. The number of hydrogen-bond acceptors (Lipinski definition) is 3. The van der Waals surface area contributed by atoms with Crippen LogP contribution >= 0.6 is 32.9 Å². The minimum absolute atomic E-state index is 0. The van der Waals surface area contributed by atoms with Gasteiger partial charge in [0.1, 0.15) is 5.75 Å². The Kier molecular flexibility index (Phi) is 5.91. The molecule has 3 aromatic rings. The summed E-state index contributed by atoms with van der Waals surface area (Å²) in [6, 6.07) is 17.3. The van der Waals surface area contributed by atoms with Crippen LogP contribution in [-0.2, 0) is 0 Å². The Morgan fingerprint density at radius 1 is 1.13 bits per heavy atom. The first-order valence-electron chi connectivity index (χ1n) is 6.86. The molecule has 0 aliphatic carbocycles. The van der Waals surface area contributed by atoms with Crippen LogP contribution in [0.25, 0.3) is 22.2 Å². The molecule has 3 rings (SSSR count). The van der Waals surface area contributed by atoms with Crippen molar-refractivity contribution in [2.75, 3.05) is 12.4 Å². The molecular formula is C18H15Br2NO2. The Morgan fingerprint density at radius 3 is 2.52 bits per heavy atom. The fourth-order valence-corrected chi connectivity index (χ4v) is 2.68. The summed E-state index contributed by atoms with van der Waals surface area (Å²) >= 11 is 3.25. The average molecular weight is 437 g/mol. The van der Waals surface area contributed by atoms with Crippen LogP contribution in [-0.4, -0.2) is 23.2 Å². The molecule has 23 heavy (non-hydrogen) atoms. The van der Waals surface area contributed by atoms with E-state index in [9.17, 15) is 4.79 Å². The smallest absolute Gasteiger partial charge is 0.175 e. The molecule has 0 aliphatic heterocycles. The SMILES string of the molecule is Br.COc1ccc2nc(-c3ccccc3)c(C(=O)CBr)cc2c1. The summed E-state index contributed by atoms with van der Waals surface area (Å²) in [4.78, 5) is 17.0. The van der Waals surface area contributed by atoms with E-state index in [1.165, 1.54) is 0 Å². The number of benzene rings is 2. The van der Waals surface area contributed by atoms with Crippen LogP contribution in [0.2, 0.25) is 0 Å². The lowest BCUT2D eigenvalue weighted by molar-refractivity contribution is 0.102. The number of ether oxygens (including phenoxy) is 1. The predicted octanol–water partition coefficient (Wildman–Crippen LogP) is 5.07. The van der Waals surface area contributed by atoms with Crippen LogP contribution in [0.1, 0.15) is 10.4 Å². The van der Waals surface area contributed by atoms with Crippen molar-refractivity contribution in [3.63, 3.8) is 0 Å². The summed E-state index contributed by atoms with van der Waals surface area (Å²) in [6.07, 6.45) is 0. The van der Waals surface area contributed by atoms with Gasteiger partial charge in [-0.1, -0.05) is 46.3 Å². The van der Waals surface area contributed by atoms with Crippen LogP contribution in [0.5, 0.6) is 5.75 Å². The third-order valence-corrected chi connectivity index (χ3v) is 4.00. The second-order valence-electron chi connectivity index (χ2n) is 4.87. The lowest BCUT2D eigenvalue weighted by Crippen LogP contribution is -2.04. The number of aromatic nitrogens is 1. The number of carbonyl (C=O) groups excluding carboxylic acids is 1. The van der Waals surface area contributed by atoms with Gasteiger partial charge in [0.15, 0.2) is 5.78 Å². The van der Waals surface area contributed by atoms with Gasteiger partial charge in [-0.05, 0) is 24.3 Å². The first-order chi connectivity index (χ1) is 10.7. The van der Waals surface area contributed by atoms with Crippen molar-refractivity contribution in [3.8, 4) is 17.0 Å². The maximum Gasteiger partial charge on any atom is 0.175 e. The van der Waals surface area contributed by atoms with Crippen molar-refractivity contribution in [2.24, 2.45) is 0 Å². The van der Waals surface area contributed by atoms with Crippen LogP contribution < -0.4 is 4.74 Å². The maximum absolute atomic E-state index is 12.3. The number of halogens is 2. The number of Topliss-reactive ketones (excluding diaryl/α,β-unsaturated/α-hetero) is 1. The van der Waals surface area contributed by atoms with Gasteiger partial charge < -0.3 is 4.74 Å². The molecule has 1 aromatic heterocycles. The highest BCUT2D eigenvalue weighted by molar-refractivity contribution is 9.09. The molecule has 1 heterocycles. The molecule has 0 radical (unpaired) electrons. The van der Waals surface area contributed by atoms with E-state index in [0.717, 1.165) is 22.2 Å². The van der Waals surface area contributed by atoms with Gasteiger partial charge in [0, 0.05) is 16.5 Å². The molecule has 5 heteroatoms. The summed E-state index contributed by atoms with van der Waals surface area (Å²) in [6.45, 7) is 0. The lowest BCUT2D eigenvalue weighted by Gasteiger charge is -2.10. The zero-order valence-corrected chi connectivity index (χ0v) is 15.8. The van der Waals surface area contributed by atoms with Crippen molar-refractivity contribution >= 4 is 49.6 Å². The first kappa shape index (κ1) is 17.6. The summed E-state index contributed by atoms with van der Waals surface area (Å²) in [5, 5.41) is 1.16. The Labute approximate surface area is 153 Å². The minimum Gasteiger partial charge on any atom is -0.497 e. The molecule has 0 N–H and O–H groups in total. The number of methoxy groups -OCH3 is 1. The highest BCUT2D eigenvalue weighted by Gasteiger charge is 2.15. The van der Waals surface area contributed by atoms with Crippen molar-refractivity contribution < 1.29 is 9.53 Å². The Hall–Kier alpha value is -1.72. The molecule has 0 spiro atoms. The van der Waals surface area contributed by atoms with Gasteiger partial charge in [0.05, 0.1) is 23.7 Å². The van der Waals surface area contributed by atoms with E-state index < -0.39 is 0 Å². The molecule has 0 bridgehead atoms. The molecule has 0 atom stereocenters. The largest absolute Gasteiger partial charge is 0.497 e. The number of hydrogen-bond donors (Lipinski definition) is 0. The average Bonchev–Trinajstić information content (AvgIpc) is 2.60. The van der Waals surface area contributed by atoms with E-state index in [1.54, 1.807) is 7.11 Å². The number of rotatable bonds is 4. The molecule has 0 unspecified atom stereocenters. The predicted molar refractivity (Wildman–Crippen MR) is 102 cm³/mol. The number of fused-ring (bicyclic) bond motifs is 1. The zero-order valence-electron chi connectivity index (χ0n) is 12.5. The molecule has 3 nitrogen and oxygen atoms in total. The molecule has 0 saturated heterocycles. The normalized spacial score (nSPS) is 10.2. The fourth-order valence-electron chi connectivity index (χ4n) is 2.38. The summed E-state index contributed by atoms with van der Waals surface area (Å²) in [5.74, 6) is 0.759. The van der Waals surface area contributed by atoms with E-state index >= 15 is 0 Å². The third-order valence-electron chi connectivity index (χ3n) is 3.49. The fraction of sp³-hybridized carbons (Fsp3) is 0.111. The molecule has 0 amide bonds. The van der Waals surface area contributed by atoms with E-state index in [1.807, 2.05) is 54.6 Å². The van der Waals surface area contributed by atoms with Crippen molar-refractivity contribution in [3.05, 3.63) is 60.2 Å². The molecule has 118 valence electrons. The van der Waals surface area contributed by atoms with Crippen LogP contribution in [0.15, 0.2) is 54.6 Å². The van der Waals surface area contributed by atoms with Gasteiger partial charge in [0.25, 0.3) is 0 Å². The first-order valence-corrected chi connectivity index (χ1v) is 7.98. The van der Waals surface area contributed by atoms with E-state index in [4.69, 9.17) is 9.72 Å². The van der Waals surface area contributed by atoms with Gasteiger partial charge in [0.2, 0.25) is 0 Å². The van der Waals surface area contributed by atoms with Gasteiger partial charge in [-0.3, -0.25) is 4.79 Å². The van der Waals surface area contributed by atoms with Gasteiger partial charge in [-0.25, -0.2) is 4.98 Å². The number of alkyl halides is 1. The van der Waals surface area contributed by atoms with Crippen molar-refractivity contribution in [1.29, 1.82) is 0 Å². The highest BCUT2D eigenvalue weighted by atomic mass is 79.9. The third kappa shape index (κ3) is 3.62. The monoisotopic (exact) mass is 435 g/mol. The van der Waals surface area contributed by atoms with E-state index in [-0.39, 0.29) is 28.1 Å². The highest BCUT2D eigenvalue weighted by Crippen LogP contribution is 2.28. The summed E-state index contributed by atoms with van der Waals surface area (Å²) in [5.41, 5.74) is 3.10. The quantitative estimate of drug-likeness (QED) is 0.423. The number of carbonyl (C=O) groups is 1. The Balaban J connectivity index is 0.00000192. The molecule has 0 fully saturated rings. The molecule has 0 aliphatic rings. The van der Waals surface area contributed by atoms with Gasteiger partial charge in [-0.2, -0.15) is 0 Å². The van der Waals surface area contributed by atoms with Crippen LogP contribution in [0.4, 0.5) is 0 Å². The van der Waals surface area contributed by atoms with Crippen molar-refractivity contribution in [1.82, 2.24) is 4.98 Å². The summed E-state index contributed by atoms with van der Waals surface area (Å²) in [7, 11) is 1.62. The van der Waals surface area contributed by atoms with Crippen LogP contribution in [0, 0.1) is 0 Å². The molecular weight excluding hydrogens is 422 g/mol. The number of pyridine rings is 1. The van der Waals surface area contributed by atoms with Crippen molar-refractivity contribution in [2.45, 2.75) is 0 Å². The topological polar surface area (TPSA) is 39.2 Å². The Bertz CT molecular complexity index is 835. The maximum atomic E-state index is 12.3. The van der Waals surface area contributed by atoms with Gasteiger partial charge >= 0.3 is 0 Å². The lowest BCUT2D eigenvalue weighted by atomic mass is 10.0. The number of nitrogens with zero attached hydrogens (tertiary/aromatic N) is 1. The summed E-state index contributed by atoms with van der Waals surface area (Å²) < 4.78 is 5.24. The number of ketones is 1. The Morgan fingerprint density at radius 2 is 1.87 bits per heavy atom. The zero-order chi connectivity index (χ0) is 15.5. The standard InChI is InChI=1S/C18H14BrNO2.BrH/c1-22-14-7-8-16-13(9-14)10-15(17(21)11-19)18(20-16)12-5-3-2-4-6-12;/h2-10H,11H2,1H3;1H. The van der Waals surface area contributed by atoms with Crippen LogP contribution in [0.3, 0.4) is 0 Å². The second kappa shape index (κ2) is 7.70. The van der Waals surface area contributed by atoms with E-state index in [0.29, 0.717) is 11.3 Å². The van der Waals surface area contributed by atoms with E-state index in [2.05, 4.69) is 15.9 Å². The molecule has 0 saturated carbocycles.